The third kappa shape index (κ3) is 4.23. The lowest BCUT2D eigenvalue weighted by molar-refractivity contribution is 0.258. The van der Waals surface area contributed by atoms with Crippen LogP contribution in [0.4, 0.5) is 0 Å². The van der Waals surface area contributed by atoms with E-state index in [4.69, 9.17) is 4.43 Å². The molecule has 19 heavy (non-hydrogen) atoms. The zero-order chi connectivity index (χ0) is 13.5. The topological polar surface area (TPSA) is 9.23 Å². The van der Waals surface area contributed by atoms with Crippen molar-refractivity contribution in [1.29, 1.82) is 0 Å². The summed E-state index contributed by atoms with van der Waals surface area (Å²) in [5.74, 6) is 1.04. The molecule has 0 N–H and O–H groups in total. The summed E-state index contributed by atoms with van der Waals surface area (Å²) >= 11 is 1.84. The Balaban J connectivity index is 2.24. The normalized spacial score (nSPS) is 12.6. The first-order valence-corrected chi connectivity index (χ1v) is 9.57. The minimum Gasteiger partial charge on any atom is -0.407 e. The molecule has 1 nitrogen and oxygen atoms in total. The molecule has 100 valence electrons. The molecule has 2 aromatic carbocycles. The Morgan fingerprint density at radius 1 is 0.947 bits per heavy atom. The standard InChI is InChI=1S/C16H20OSSi/c1-14(13-18-2)17-19(15-9-5-3-6-10-15)16-11-7-4-8-12-16/h3-12,14,19H,13H2,1-2H3. The van der Waals surface area contributed by atoms with Crippen LogP contribution in [0.1, 0.15) is 6.92 Å². The van der Waals surface area contributed by atoms with E-state index < -0.39 is 9.04 Å². The molecule has 0 saturated carbocycles. The molecule has 0 bridgehead atoms. The summed E-state index contributed by atoms with van der Waals surface area (Å²) in [5, 5.41) is 2.70. The largest absolute Gasteiger partial charge is 0.407 e. The van der Waals surface area contributed by atoms with Crippen molar-refractivity contribution < 1.29 is 4.43 Å². The summed E-state index contributed by atoms with van der Waals surface area (Å²) in [5.41, 5.74) is 0. The lowest BCUT2D eigenvalue weighted by Crippen LogP contribution is -2.47. The van der Waals surface area contributed by atoms with Crippen LogP contribution in [-0.2, 0) is 4.43 Å². The van der Waals surface area contributed by atoms with Crippen molar-refractivity contribution >= 4 is 31.2 Å². The highest BCUT2D eigenvalue weighted by Crippen LogP contribution is 2.04. The predicted molar refractivity (Wildman–Crippen MR) is 88.2 cm³/mol. The minimum atomic E-state index is -1.55. The third-order valence-corrected chi connectivity index (χ3v) is 6.49. The molecule has 0 aliphatic rings. The van der Waals surface area contributed by atoms with Crippen LogP contribution >= 0.6 is 11.8 Å². The zero-order valence-electron chi connectivity index (χ0n) is 11.5. The van der Waals surface area contributed by atoms with Crippen LogP contribution < -0.4 is 10.4 Å². The highest BCUT2D eigenvalue weighted by molar-refractivity contribution is 7.98. The first-order valence-electron chi connectivity index (χ1n) is 6.55. The first-order chi connectivity index (χ1) is 9.31. The average molecular weight is 288 g/mol. The van der Waals surface area contributed by atoms with Crippen LogP contribution in [0.5, 0.6) is 0 Å². The molecule has 0 aliphatic heterocycles. The Morgan fingerprint density at radius 3 is 1.84 bits per heavy atom. The van der Waals surface area contributed by atoms with Crippen LogP contribution in [-0.4, -0.2) is 27.2 Å². The molecule has 1 atom stereocenters. The van der Waals surface area contributed by atoms with Gasteiger partial charge in [-0.15, -0.1) is 0 Å². The Kier molecular flexibility index (Phi) is 5.70. The Labute approximate surface area is 121 Å². The van der Waals surface area contributed by atoms with Crippen LogP contribution in [0.25, 0.3) is 0 Å². The maximum absolute atomic E-state index is 6.38. The van der Waals surface area contributed by atoms with Gasteiger partial charge in [0.05, 0.1) is 6.10 Å². The molecule has 0 radical (unpaired) electrons. The molecule has 2 aromatic rings. The molecular formula is C16H20OSSi. The van der Waals surface area contributed by atoms with Crippen molar-refractivity contribution in [2.24, 2.45) is 0 Å². The summed E-state index contributed by atoms with van der Waals surface area (Å²) in [7, 11) is -1.55. The number of benzene rings is 2. The Bertz CT molecular complexity index is 435. The van der Waals surface area contributed by atoms with Crippen LogP contribution in [0, 0.1) is 0 Å². The fourth-order valence-electron chi connectivity index (χ4n) is 2.11. The minimum absolute atomic E-state index is 0.298. The molecule has 0 fully saturated rings. The van der Waals surface area contributed by atoms with Crippen molar-refractivity contribution in [2.45, 2.75) is 13.0 Å². The summed E-state index contributed by atoms with van der Waals surface area (Å²) < 4.78 is 6.38. The summed E-state index contributed by atoms with van der Waals surface area (Å²) in [6.07, 6.45) is 2.42. The van der Waals surface area contributed by atoms with E-state index >= 15 is 0 Å². The van der Waals surface area contributed by atoms with Gasteiger partial charge in [0.1, 0.15) is 0 Å². The second kappa shape index (κ2) is 7.53. The molecule has 0 aromatic heterocycles. The van der Waals surface area contributed by atoms with E-state index in [2.05, 4.69) is 73.8 Å². The van der Waals surface area contributed by atoms with E-state index in [1.54, 1.807) is 0 Å². The van der Waals surface area contributed by atoms with E-state index in [9.17, 15) is 0 Å². The predicted octanol–water partition coefficient (Wildman–Crippen LogP) is 2.29. The van der Waals surface area contributed by atoms with Gasteiger partial charge in [0.25, 0.3) is 0 Å². The van der Waals surface area contributed by atoms with Crippen molar-refractivity contribution in [1.82, 2.24) is 0 Å². The van der Waals surface area contributed by atoms with Crippen molar-refractivity contribution in [3.63, 3.8) is 0 Å². The van der Waals surface area contributed by atoms with E-state index in [0.29, 0.717) is 6.10 Å². The molecular weight excluding hydrogens is 268 g/mol. The number of hydrogen-bond donors (Lipinski definition) is 0. The van der Waals surface area contributed by atoms with E-state index in [1.807, 2.05) is 11.8 Å². The van der Waals surface area contributed by atoms with E-state index in [0.717, 1.165) is 5.75 Å². The number of rotatable bonds is 6. The second-order valence-corrected chi connectivity index (χ2v) is 7.88. The maximum Gasteiger partial charge on any atom is 0.240 e. The molecule has 0 amide bonds. The third-order valence-electron chi connectivity index (χ3n) is 2.97. The van der Waals surface area contributed by atoms with Crippen LogP contribution in [0.15, 0.2) is 60.7 Å². The van der Waals surface area contributed by atoms with Crippen LogP contribution in [0.2, 0.25) is 0 Å². The molecule has 0 aliphatic carbocycles. The molecule has 0 spiro atoms. The first kappa shape index (κ1) is 14.4. The SMILES string of the molecule is CSCC(C)O[SiH](c1ccccc1)c1ccccc1. The van der Waals surface area contributed by atoms with Gasteiger partial charge < -0.3 is 4.43 Å². The molecule has 0 heterocycles. The van der Waals surface area contributed by atoms with E-state index in [1.165, 1.54) is 10.4 Å². The van der Waals surface area contributed by atoms with Gasteiger partial charge in [-0.25, -0.2) is 0 Å². The Morgan fingerprint density at radius 2 is 1.42 bits per heavy atom. The van der Waals surface area contributed by atoms with E-state index in [-0.39, 0.29) is 0 Å². The van der Waals surface area contributed by atoms with Gasteiger partial charge >= 0.3 is 0 Å². The summed E-state index contributed by atoms with van der Waals surface area (Å²) in [6.45, 7) is 2.17. The van der Waals surface area contributed by atoms with Gasteiger partial charge in [0.2, 0.25) is 9.04 Å². The summed E-state index contributed by atoms with van der Waals surface area (Å²) in [6, 6.07) is 21.3. The smallest absolute Gasteiger partial charge is 0.240 e. The van der Waals surface area contributed by atoms with Crippen LogP contribution in [0.3, 0.4) is 0 Å². The van der Waals surface area contributed by atoms with Gasteiger partial charge in [0.15, 0.2) is 0 Å². The number of thioether (sulfide) groups is 1. The molecule has 1 unspecified atom stereocenters. The van der Waals surface area contributed by atoms with Gasteiger partial charge in [-0.05, 0) is 23.6 Å². The van der Waals surface area contributed by atoms with Crippen molar-refractivity contribution in [2.75, 3.05) is 12.0 Å². The highest BCUT2D eigenvalue weighted by Gasteiger charge is 2.19. The fourth-order valence-corrected chi connectivity index (χ4v) is 5.20. The number of hydrogen-bond acceptors (Lipinski definition) is 2. The second-order valence-electron chi connectivity index (χ2n) is 4.60. The zero-order valence-corrected chi connectivity index (χ0v) is 13.4. The average Bonchev–Trinajstić information content (AvgIpc) is 2.47. The van der Waals surface area contributed by atoms with Crippen molar-refractivity contribution in [3.8, 4) is 0 Å². The fraction of sp³-hybridized carbons (Fsp3) is 0.250. The lowest BCUT2D eigenvalue weighted by atomic mass is 10.4. The maximum atomic E-state index is 6.38. The lowest BCUT2D eigenvalue weighted by Gasteiger charge is -2.21. The quantitative estimate of drug-likeness (QED) is 0.754. The molecule has 2 rings (SSSR count). The molecule has 0 saturated heterocycles. The monoisotopic (exact) mass is 288 g/mol. The van der Waals surface area contributed by atoms with Gasteiger partial charge in [0, 0.05) is 5.75 Å². The van der Waals surface area contributed by atoms with Gasteiger partial charge in [-0.2, -0.15) is 11.8 Å². The van der Waals surface area contributed by atoms with Crippen molar-refractivity contribution in [3.05, 3.63) is 60.7 Å². The highest BCUT2D eigenvalue weighted by atomic mass is 32.2. The van der Waals surface area contributed by atoms with Gasteiger partial charge in [-0.3, -0.25) is 0 Å². The Hall–Kier alpha value is -1.03. The molecule has 3 heteroatoms. The summed E-state index contributed by atoms with van der Waals surface area (Å²) in [4.78, 5) is 0. The van der Waals surface area contributed by atoms with Gasteiger partial charge in [-0.1, -0.05) is 60.7 Å².